The number of aromatic nitrogens is 4. The SMILES string of the molecule is Cc1c(-c2c3ccc(C(C)C)cc3cc[n+]2C)ccc2c1oc1c3ccccc3ccc21.Cc1c(-c2ccc3ccccc3[n+]2C)ccc2c1oc1c3ccccc3ccc21.[2H]C(C)(C)c1ccc2c(-c3ccc4c(oc5c6ccccc6ccc45)c3C)[n+](C)ccc2c1.[2H]C([2H])(c1ccc2c(-c3ccc4c(oc5c6ccccc6ccc45)c3C)[n+](C)ccc2c1)C(C)C. The molecule has 0 N–H and O–H groups in total. The third kappa shape index (κ3) is 13.3. The molecule has 0 unspecified atom stereocenters. The maximum absolute atomic E-state index is 8.54. The highest BCUT2D eigenvalue weighted by Crippen LogP contribution is 2.46. The molecule has 0 saturated heterocycles. The molecule has 8 nitrogen and oxygen atoms in total. The highest BCUT2D eigenvalue weighted by atomic mass is 16.3. The molecule has 0 spiro atoms. The maximum Gasteiger partial charge on any atom is 0.220 e. The Hall–Kier alpha value is -14.6. The topological polar surface area (TPSA) is 68.1 Å². The van der Waals surface area contributed by atoms with Crippen molar-refractivity contribution in [3.8, 4) is 45.0 Å². The summed E-state index contributed by atoms with van der Waals surface area (Å²) in [5.41, 5.74) is 25.9. The summed E-state index contributed by atoms with van der Waals surface area (Å²) < 4.78 is 60.4. The van der Waals surface area contributed by atoms with Gasteiger partial charge in [-0.3, -0.25) is 0 Å². The van der Waals surface area contributed by atoms with Crippen molar-refractivity contribution in [3.05, 3.63) is 361 Å². The second kappa shape index (κ2) is 31.3. The van der Waals surface area contributed by atoms with E-state index in [9.17, 15) is 0 Å². The molecule has 0 aliphatic heterocycles. The second-order valence-corrected chi connectivity index (χ2v) is 35.1. The average molecular weight is 1640 g/mol. The number of hydrogen-bond donors (Lipinski definition) is 0. The van der Waals surface area contributed by atoms with E-state index in [1.54, 1.807) is 0 Å². The van der Waals surface area contributed by atoms with E-state index in [-0.39, 0.29) is 5.92 Å². The number of pyridine rings is 4. The van der Waals surface area contributed by atoms with Gasteiger partial charge in [-0.1, -0.05) is 211 Å². The summed E-state index contributed by atoms with van der Waals surface area (Å²) in [5.74, 6) is -0.216. The fourth-order valence-corrected chi connectivity index (χ4v) is 19.7. The highest BCUT2D eigenvalue weighted by Gasteiger charge is 2.28. The first kappa shape index (κ1) is 75.2. The van der Waals surface area contributed by atoms with Crippen molar-refractivity contribution in [1.29, 1.82) is 0 Å². The monoisotopic (exact) mass is 1640 g/mol. The molecule has 0 aliphatic carbocycles. The van der Waals surface area contributed by atoms with E-state index in [0.29, 0.717) is 5.92 Å². The van der Waals surface area contributed by atoms with Gasteiger partial charge in [-0.15, -0.1) is 0 Å². The van der Waals surface area contributed by atoms with Crippen LogP contribution in [-0.4, -0.2) is 0 Å². The van der Waals surface area contributed by atoms with Crippen molar-refractivity contribution in [3.63, 3.8) is 0 Å². The number of benzene rings is 16. The molecule has 0 radical (unpaired) electrons. The van der Waals surface area contributed by atoms with Gasteiger partial charge in [-0.25, -0.2) is 13.7 Å². The standard InChI is InChI=1S/C31H28NO.2C30H26NO.C27H20NO/c1-19(2)17-21-9-11-25-23(18-21)15-16-32(4)29(25)24-13-14-27-28-12-10-22-7-5-6-8-26(22)31(28)33-30(27)20(24)3;2*1-18(2)21-10-11-24-22(17-21)15-16-31(4)28(24)23-13-14-26-27-12-9-20-7-5-6-8-25(20)30(27)32-29(26)19(23)3;1-17-20(25-16-12-19-8-4-6-10-24(19)28(25)2)14-15-22-23-13-11-18-7-3-5-9-21(18)27(23)29-26(17)22/h5-16,18-19H,17H2,1-4H3;2*5-18H,1-4H3;3-16H,1-2H3/q4*+1/i17D2;18D;;. The maximum atomic E-state index is 8.54. The minimum absolute atomic E-state index is 0.104. The summed E-state index contributed by atoms with van der Waals surface area (Å²) in [6.45, 7) is 20.8. The van der Waals surface area contributed by atoms with Crippen molar-refractivity contribution < 1.29 is 40.0 Å². The molecule has 612 valence electrons. The third-order valence-corrected chi connectivity index (χ3v) is 26.4. The zero-order valence-electron chi connectivity index (χ0n) is 76.7. The Morgan fingerprint density at radius 1 is 0.270 bits per heavy atom. The Morgan fingerprint density at radius 2 is 0.571 bits per heavy atom. The number of nitrogens with zero attached hydrogens (tertiary/aromatic N) is 4. The van der Waals surface area contributed by atoms with Gasteiger partial charge in [0.2, 0.25) is 28.3 Å². The van der Waals surface area contributed by atoms with Gasteiger partial charge in [-0.2, -0.15) is 4.57 Å². The van der Waals surface area contributed by atoms with Gasteiger partial charge < -0.3 is 17.7 Å². The Bertz CT molecular complexity index is 8780. The van der Waals surface area contributed by atoms with Gasteiger partial charge in [0.25, 0.3) is 0 Å². The van der Waals surface area contributed by atoms with E-state index < -0.39 is 12.3 Å². The van der Waals surface area contributed by atoms with Crippen molar-refractivity contribution in [2.45, 2.75) is 87.4 Å². The molecule has 8 heterocycles. The lowest BCUT2D eigenvalue weighted by molar-refractivity contribution is -0.659. The quantitative estimate of drug-likeness (QED) is 0.142. The Morgan fingerprint density at radius 3 is 0.952 bits per heavy atom. The molecule has 126 heavy (non-hydrogen) atoms. The fraction of sp³-hybridized carbons (Fsp3) is 0.153. The Kier molecular flexibility index (Phi) is 18.7. The van der Waals surface area contributed by atoms with Crippen LogP contribution in [0.1, 0.15) is 96.4 Å². The van der Waals surface area contributed by atoms with Crippen LogP contribution in [0.3, 0.4) is 0 Å². The zero-order chi connectivity index (χ0) is 88.9. The van der Waals surface area contributed by atoms with Crippen LogP contribution < -0.4 is 18.3 Å². The Balaban J connectivity index is 0.000000104. The van der Waals surface area contributed by atoms with Crippen LogP contribution in [-0.2, 0) is 34.6 Å². The number of hydrogen-bond acceptors (Lipinski definition) is 4. The summed E-state index contributed by atoms with van der Waals surface area (Å²) in [5, 5.41) is 26.9. The summed E-state index contributed by atoms with van der Waals surface area (Å²) in [6.07, 6.45) is 4.95. The largest absolute Gasteiger partial charge is 0.455 e. The lowest BCUT2D eigenvalue weighted by atomic mass is 9.94. The fourth-order valence-electron chi connectivity index (χ4n) is 19.7. The lowest BCUT2D eigenvalue weighted by Gasteiger charge is -2.11. The molecular formula is C118H100N4O4+4. The lowest BCUT2D eigenvalue weighted by Crippen LogP contribution is -2.32. The van der Waals surface area contributed by atoms with Gasteiger partial charge in [0.1, 0.15) is 72.9 Å². The molecule has 24 aromatic rings. The Labute approximate surface area is 736 Å². The van der Waals surface area contributed by atoms with E-state index in [2.05, 4.69) is 398 Å². The van der Waals surface area contributed by atoms with E-state index in [4.69, 9.17) is 21.8 Å². The van der Waals surface area contributed by atoms with Crippen LogP contribution in [0.5, 0.6) is 0 Å². The minimum atomic E-state index is -1.38. The smallest absolute Gasteiger partial charge is 0.220 e. The minimum Gasteiger partial charge on any atom is -0.455 e. The summed E-state index contributed by atoms with van der Waals surface area (Å²) in [4.78, 5) is 0. The van der Waals surface area contributed by atoms with Gasteiger partial charge in [0, 0.05) is 127 Å². The first-order valence-electron chi connectivity index (χ1n) is 45.4. The summed E-state index contributed by atoms with van der Waals surface area (Å²) in [6, 6.07) is 107. The van der Waals surface area contributed by atoms with Gasteiger partial charge >= 0.3 is 0 Å². The zero-order valence-corrected chi connectivity index (χ0v) is 73.7. The van der Waals surface area contributed by atoms with Crippen molar-refractivity contribution in [2.75, 3.05) is 0 Å². The number of furan rings is 4. The van der Waals surface area contributed by atoms with Crippen LogP contribution in [0.2, 0.25) is 0 Å². The third-order valence-electron chi connectivity index (χ3n) is 26.4. The molecule has 0 atom stereocenters. The van der Waals surface area contributed by atoms with E-state index in [0.717, 1.165) is 138 Å². The van der Waals surface area contributed by atoms with E-state index in [1.165, 1.54) is 120 Å². The van der Waals surface area contributed by atoms with Crippen LogP contribution in [0.25, 0.3) is 219 Å². The summed E-state index contributed by atoms with van der Waals surface area (Å²) in [7, 11) is 8.41. The van der Waals surface area contributed by atoms with Crippen molar-refractivity contribution in [1.82, 2.24) is 0 Å². The number of aryl methyl sites for hydroxylation is 8. The predicted molar refractivity (Wildman–Crippen MR) is 527 cm³/mol. The number of rotatable bonds is 8. The molecule has 24 rings (SSSR count). The highest BCUT2D eigenvalue weighted by molar-refractivity contribution is 6.20. The van der Waals surface area contributed by atoms with E-state index >= 15 is 0 Å². The van der Waals surface area contributed by atoms with Crippen LogP contribution in [0, 0.1) is 33.6 Å². The van der Waals surface area contributed by atoms with Crippen LogP contribution >= 0.6 is 0 Å². The molecule has 0 bridgehead atoms. The molecule has 8 aromatic heterocycles. The van der Waals surface area contributed by atoms with Gasteiger partial charge in [-0.05, 0) is 209 Å². The molecule has 16 aromatic carbocycles. The number of para-hydroxylation sites is 1. The van der Waals surface area contributed by atoms with Gasteiger partial charge in [0.15, 0.2) is 18.6 Å². The number of fused-ring (bicyclic) bond motifs is 24. The first-order valence-corrected chi connectivity index (χ1v) is 43.9. The van der Waals surface area contributed by atoms with E-state index in [1.807, 2.05) is 39.8 Å². The molecule has 0 fully saturated rings. The van der Waals surface area contributed by atoms with Crippen molar-refractivity contribution >= 4 is 174 Å². The normalized spacial score (nSPS) is 12.5. The van der Waals surface area contributed by atoms with Crippen LogP contribution in [0.4, 0.5) is 0 Å². The van der Waals surface area contributed by atoms with Crippen molar-refractivity contribution in [2.24, 2.45) is 34.1 Å². The molecule has 0 aliphatic rings. The van der Waals surface area contributed by atoms with Crippen LogP contribution in [0.15, 0.2) is 340 Å². The molecular weight excluding hydrogens is 1540 g/mol. The first-order chi connectivity index (χ1) is 62.3. The molecule has 8 heteroatoms. The molecule has 0 amide bonds. The van der Waals surface area contributed by atoms with Gasteiger partial charge in [0.05, 0.1) is 38.4 Å². The summed E-state index contributed by atoms with van der Waals surface area (Å²) >= 11 is 0. The predicted octanol–water partition coefficient (Wildman–Crippen LogP) is 30.2. The molecule has 0 saturated carbocycles. The average Bonchev–Trinajstić information content (AvgIpc) is 1.63. The second-order valence-electron chi connectivity index (χ2n) is 35.1.